The van der Waals surface area contributed by atoms with Gasteiger partial charge >= 0.3 is 0 Å². The largest absolute Gasteiger partial charge is 0.360 e. The first-order valence-electron chi connectivity index (χ1n) is 7.90. The number of fused-ring (bicyclic) bond motifs is 1. The Morgan fingerprint density at radius 2 is 2.23 bits per heavy atom. The predicted molar refractivity (Wildman–Crippen MR) is 112 cm³/mol. The number of hydrogen-bond acceptors (Lipinski definition) is 6. The van der Waals surface area contributed by atoms with E-state index in [9.17, 15) is 4.79 Å². The fourth-order valence-corrected chi connectivity index (χ4v) is 3.76. The van der Waals surface area contributed by atoms with Crippen molar-refractivity contribution in [2.45, 2.75) is 13.0 Å². The molecule has 26 heavy (non-hydrogen) atoms. The lowest BCUT2D eigenvalue weighted by atomic mass is 10.1. The third-order valence-electron chi connectivity index (χ3n) is 4.19. The van der Waals surface area contributed by atoms with Crippen molar-refractivity contribution in [3.63, 3.8) is 0 Å². The topological polar surface area (TPSA) is 71.1 Å². The highest BCUT2D eigenvalue weighted by molar-refractivity contribution is 8.26. The molecule has 6 nitrogen and oxygen atoms in total. The number of pyridine rings is 1. The van der Waals surface area contributed by atoms with E-state index in [-0.39, 0.29) is 11.6 Å². The Kier molecular flexibility index (Phi) is 5.29. The Morgan fingerprint density at radius 1 is 1.46 bits per heavy atom. The van der Waals surface area contributed by atoms with Crippen LogP contribution in [0.2, 0.25) is 5.02 Å². The van der Waals surface area contributed by atoms with Crippen molar-refractivity contribution >= 4 is 51.4 Å². The van der Waals surface area contributed by atoms with E-state index in [4.69, 9.17) is 11.6 Å². The van der Waals surface area contributed by atoms with E-state index < -0.39 is 0 Å². The minimum absolute atomic E-state index is 0.136. The number of halogens is 1. The van der Waals surface area contributed by atoms with Crippen LogP contribution >= 0.6 is 23.4 Å². The van der Waals surface area contributed by atoms with Gasteiger partial charge in [-0.1, -0.05) is 35.5 Å². The summed E-state index contributed by atoms with van der Waals surface area (Å²) in [6.45, 7) is 5.58. The van der Waals surface area contributed by atoms with Crippen LogP contribution in [-0.4, -0.2) is 28.9 Å². The van der Waals surface area contributed by atoms with Crippen LogP contribution in [0, 0.1) is 0 Å². The summed E-state index contributed by atoms with van der Waals surface area (Å²) in [5.74, 6) is 0.526. The number of thioether (sulfide) groups is 1. The van der Waals surface area contributed by atoms with Crippen molar-refractivity contribution in [2.24, 2.45) is 22.0 Å². The molecule has 2 heterocycles. The van der Waals surface area contributed by atoms with Gasteiger partial charge in [-0.15, -0.1) is 0 Å². The molecule has 0 spiro atoms. The second-order valence-corrected chi connectivity index (χ2v) is 6.98. The van der Waals surface area contributed by atoms with Crippen molar-refractivity contribution in [3.05, 3.63) is 56.9 Å². The predicted octanol–water partition coefficient (Wildman–Crippen LogP) is 3.52. The molecule has 0 amide bonds. The molecule has 0 unspecified atom stereocenters. The highest BCUT2D eigenvalue weighted by atomic mass is 35.5. The van der Waals surface area contributed by atoms with E-state index in [1.54, 1.807) is 30.3 Å². The molecule has 2 aromatic rings. The first-order valence-corrected chi connectivity index (χ1v) is 9.15. The van der Waals surface area contributed by atoms with Crippen LogP contribution in [-0.2, 0) is 7.05 Å². The van der Waals surface area contributed by atoms with E-state index in [1.807, 2.05) is 25.1 Å². The van der Waals surface area contributed by atoms with E-state index in [0.29, 0.717) is 21.9 Å². The van der Waals surface area contributed by atoms with E-state index >= 15 is 0 Å². The van der Waals surface area contributed by atoms with Gasteiger partial charge in [0, 0.05) is 19.8 Å². The molecule has 0 fully saturated rings. The number of hydrogen-bond donors (Lipinski definition) is 1. The molecule has 8 heteroatoms. The minimum atomic E-state index is -0.206. The first-order chi connectivity index (χ1) is 12.5. The summed E-state index contributed by atoms with van der Waals surface area (Å²) in [7, 11) is 3.44. The third kappa shape index (κ3) is 3.20. The van der Waals surface area contributed by atoms with Gasteiger partial charge < -0.3 is 9.88 Å². The fourth-order valence-electron chi connectivity index (χ4n) is 2.87. The van der Waals surface area contributed by atoms with Crippen molar-refractivity contribution in [1.29, 1.82) is 0 Å². The molecule has 1 aromatic heterocycles. The molecule has 1 aromatic carbocycles. The maximum absolute atomic E-state index is 12.7. The fraction of sp³-hybridized carbons (Fsp3) is 0.222. The van der Waals surface area contributed by atoms with Gasteiger partial charge in [-0.25, -0.2) is 9.98 Å². The molecule has 0 saturated carbocycles. The van der Waals surface area contributed by atoms with Gasteiger partial charge in [0.05, 0.1) is 22.0 Å². The normalized spacial score (nSPS) is 18.4. The molecule has 1 atom stereocenters. The van der Waals surface area contributed by atoms with Crippen LogP contribution in [0.1, 0.15) is 18.7 Å². The smallest absolute Gasteiger partial charge is 0.259 e. The molecule has 0 bridgehead atoms. The van der Waals surface area contributed by atoms with Crippen LogP contribution < -0.4 is 10.9 Å². The number of rotatable bonds is 4. The standard InChI is InChI=1S/C18H18ClN5OS/c1-10(23-16(20-2)15-17(21-3)26-9-22-15)13-8-11-6-5-7-12(19)14(11)18(25)24(13)4/h5-10,23H,2H2,1,3-4H3/b16-15-,21-17+/t10-/m0/s1. The van der Waals surface area contributed by atoms with Gasteiger partial charge in [0.2, 0.25) is 0 Å². The Bertz CT molecular complexity index is 1040. The number of nitrogens with one attached hydrogen (secondary N) is 1. The zero-order chi connectivity index (χ0) is 18.8. The molecule has 3 rings (SSSR count). The molecular weight excluding hydrogens is 370 g/mol. The van der Waals surface area contributed by atoms with Crippen molar-refractivity contribution in [2.75, 3.05) is 7.05 Å². The quantitative estimate of drug-likeness (QED) is 0.816. The number of benzene rings is 1. The zero-order valence-electron chi connectivity index (χ0n) is 14.7. The van der Waals surface area contributed by atoms with Crippen molar-refractivity contribution in [1.82, 2.24) is 9.88 Å². The van der Waals surface area contributed by atoms with Crippen LogP contribution in [0.5, 0.6) is 0 Å². The Labute approximate surface area is 160 Å². The molecule has 1 aliphatic rings. The van der Waals surface area contributed by atoms with Gasteiger partial charge in [-0.05, 0) is 31.2 Å². The van der Waals surface area contributed by atoms with Gasteiger partial charge in [-0.3, -0.25) is 9.79 Å². The highest BCUT2D eigenvalue weighted by Gasteiger charge is 2.20. The summed E-state index contributed by atoms with van der Waals surface area (Å²) in [5, 5.41) is 5.83. The lowest BCUT2D eigenvalue weighted by molar-refractivity contribution is 0.591. The zero-order valence-corrected chi connectivity index (χ0v) is 16.2. The second kappa shape index (κ2) is 7.47. The summed E-state index contributed by atoms with van der Waals surface area (Å²) in [4.78, 5) is 25.3. The van der Waals surface area contributed by atoms with Crippen molar-refractivity contribution < 1.29 is 0 Å². The maximum Gasteiger partial charge on any atom is 0.259 e. The van der Waals surface area contributed by atoms with Gasteiger partial charge in [0.1, 0.15) is 10.7 Å². The van der Waals surface area contributed by atoms with Gasteiger partial charge in [-0.2, -0.15) is 0 Å². The number of nitrogens with zero attached hydrogens (tertiary/aromatic N) is 4. The molecule has 0 aliphatic carbocycles. The average molecular weight is 388 g/mol. The molecule has 134 valence electrons. The Balaban J connectivity index is 2.06. The summed E-state index contributed by atoms with van der Waals surface area (Å²) in [6, 6.07) is 7.18. The molecular formula is C18H18ClN5OS. The molecule has 0 saturated heterocycles. The van der Waals surface area contributed by atoms with Crippen LogP contribution in [0.4, 0.5) is 0 Å². The summed E-state index contributed by atoms with van der Waals surface area (Å²) in [5.41, 5.74) is 3.02. The van der Waals surface area contributed by atoms with Crippen molar-refractivity contribution in [3.8, 4) is 0 Å². The summed E-state index contributed by atoms with van der Waals surface area (Å²) >= 11 is 7.63. The number of aromatic nitrogens is 1. The van der Waals surface area contributed by atoms with Crippen LogP contribution in [0.3, 0.4) is 0 Å². The number of aliphatic imine (C=N–C) groups is 3. The van der Waals surface area contributed by atoms with Crippen LogP contribution in [0.15, 0.2) is 55.6 Å². The second-order valence-electron chi connectivity index (χ2n) is 5.74. The summed E-state index contributed by atoms with van der Waals surface area (Å²) in [6.07, 6.45) is 0. The van der Waals surface area contributed by atoms with E-state index in [1.165, 1.54) is 11.8 Å². The van der Waals surface area contributed by atoms with Crippen LogP contribution in [0.25, 0.3) is 10.8 Å². The average Bonchev–Trinajstić information content (AvgIpc) is 3.10. The minimum Gasteiger partial charge on any atom is -0.360 e. The van der Waals surface area contributed by atoms with Gasteiger partial charge in [0.25, 0.3) is 5.56 Å². The maximum atomic E-state index is 12.7. The third-order valence-corrected chi connectivity index (χ3v) is 5.31. The highest BCUT2D eigenvalue weighted by Crippen LogP contribution is 2.26. The lowest BCUT2D eigenvalue weighted by Crippen LogP contribution is -2.28. The van der Waals surface area contributed by atoms with E-state index in [2.05, 4.69) is 27.0 Å². The lowest BCUT2D eigenvalue weighted by Gasteiger charge is -2.20. The van der Waals surface area contributed by atoms with E-state index in [0.717, 1.165) is 16.1 Å². The van der Waals surface area contributed by atoms with Gasteiger partial charge in [0.15, 0.2) is 5.82 Å². The first kappa shape index (κ1) is 18.4. The Hall–Kier alpha value is -2.38. The molecule has 0 radical (unpaired) electrons. The molecule has 1 N–H and O–H groups in total. The monoisotopic (exact) mass is 387 g/mol. The molecule has 1 aliphatic heterocycles. The summed E-state index contributed by atoms with van der Waals surface area (Å²) < 4.78 is 1.60. The SMILES string of the molecule is C=N/C(N[C@@H](C)c1cc2cccc(Cl)c2c(=O)n1C)=C1/N=CS/C1=N/C. The Morgan fingerprint density at radius 3 is 2.92 bits per heavy atom.